The molecule has 43 heavy (non-hydrogen) atoms. The minimum absolute atomic E-state index is 0.0185. The summed E-state index contributed by atoms with van der Waals surface area (Å²) in [4.78, 5) is 0. The molecule has 7 heteroatoms. The van der Waals surface area contributed by atoms with Crippen molar-refractivity contribution < 1.29 is 18.4 Å². The van der Waals surface area contributed by atoms with Gasteiger partial charge in [-0.3, -0.25) is 0 Å². The summed E-state index contributed by atoms with van der Waals surface area (Å²) >= 11 is 0. The van der Waals surface area contributed by atoms with Crippen molar-refractivity contribution in [2.75, 3.05) is 6.61 Å². The van der Waals surface area contributed by atoms with Crippen LogP contribution in [0.1, 0.15) is 112 Å². The molecule has 1 N–H and O–H groups in total. The molecule has 0 bridgehead atoms. The van der Waals surface area contributed by atoms with Crippen LogP contribution in [0.3, 0.4) is 0 Å². The zero-order chi connectivity index (χ0) is 31.9. The van der Waals surface area contributed by atoms with Crippen LogP contribution in [0.5, 0.6) is 0 Å². The van der Waals surface area contributed by atoms with Crippen LogP contribution in [0.2, 0.25) is 57.4 Å². The maximum Gasteiger partial charge on any atom is 0.187 e. The van der Waals surface area contributed by atoms with E-state index in [-0.39, 0.29) is 5.41 Å². The first-order valence-electron chi connectivity index (χ1n) is 18.7. The second-order valence-corrected chi connectivity index (χ2v) is 30.8. The van der Waals surface area contributed by atoms with Gasteiger partial charge in [0.25, 0.3) is 0 Å². The Hall–Kier alpha value is 0.491. The standard InChI is InChI=1S/C36H72O4Si3/c1-12-23-41(6,7)38-27-33(37)36(40-43(10,11)25-14-3)22-19-32-30-16-15-28-26-29(39-42(8,9)24-13-2)17-20-34(28,4)31(30)18-21-35(32,36)5/h28-33,37H,12-27H2,1-11H3. The van der Waals surface area contributed by atoms with Gasteiger partial charge in [0.1, 0.15) is 6.10 Å². The smallest absolute Gasteiger partial charge is 0.187 e. The molecule has 0 saturated heterocycles. The van der Waals surface area contributed by atoms with Crippen LogP contribution < -0.4 is 0 Å². The van der Waals surface area contributed by atoms with Gasteiger partial charge in [-0.2, -0.15) is 0 Å². The van der Waals surface area contributed by atoms with Gasteiger partial charge in [0.05, 0.1) is 12.2 Å². The van der Waals surface area contributed by atoms with Crippen LogP contribution in [0.25, 0.3) is 0 Å². The molecule has 0 aliphatic heterocycles. The van der Waals surface area contributed by atoms with Crippen molar-refractivity contribution in [1.82, 2.24) is 0 Å². The van der Waals surface area contributed by atoms with E-state index in [1.54, 1.807) is 0 Å². The van der Waals surface area contributed by atoms with Crippen LogP contribution in [-0.2, 0) is 13.3 Å². The second kappa shape index (κ2) is 13.5. The van der Waals surface area contributed by atoms with Crippen molar-refractivity contribution >= 4 is 25.0 Å². The minimum Gasteiger partial charge on any atom is -0.415 e. The average molecular weight is 653 g/mol. The first kappa shape index (κ1) is 36.3. The molecule has 9 atom stereocenters. The summed E-state index contributed by atoms with van der Waals surface area (Å²) < 4.78 is 21.0. The maximum absolute atomic E-state index is 12.2. The highest BCUT2D eigenvalue weighted by molar-refractivity contribution is 6.72. The van der Waals surface area contributed by atoms with Crippen LogP contribution in [-0.4, -0.2) is 54.5 Å². The molecule has 4 rings (SSSR count). The monoisotopic (exact) mass is 652 g/mol. The van der Waals surface area contributed by atoms with Crippen molar-refractivity contribution in [1.29, 1.82) is 0 Å². The highest BCUT2D eigenvalue weighted by Crippen LogP contribution is 2.70. The maximum atomic E-state index is 12.2. The first-order valence-corrected chi connectivity index (χ1v) is 28.0. The average Bonchev–Trinajstić information content (AvgIpc) is 3.19. The SMILES string of the molecule is CCC[Si](C)(C)OCC(O)C1(O[Si](C)(C)CCC)CCC2C3CCC4CC(O[Si](C)(C)CCC)CCC4(C)C3CCC21C. The topological polar surface area (TPSA) is 47.9 Å². The quantitative estimate of drug-likeness (QED) is 0.190. The molecule has 0 aromatic heterocycles. The van der Waals surface area contributed by atoms with Gasteiger partial charge in [-0.05, 0) is 144 Å². The Morgan fingerprint density at radius 2 is 1.33 bits per heavy atom. The molecule has 4 fully saturated rings. The summed E-state index contributed by atoms with van der Waals surface area (Å²) in [6.45, 7) is 26.9. The van der Waals surface area contributed by atoms with Crippen LogP contribution >= 0.6 is 0 Å². The van der Waals surface area contributed by atoms with Gasteiger partial charge in [-0.25, -0.2) is 0 Å². The van der Waals surface area contributed by atoms with E-state index in [1.807, 2.05) is 0 Å². The number of rotatable bonds is 14. The molecule has 0 aromatic carbocycles. The number of aliphatic hydroxyl groups is 1. The van der Waals surface area contributed by atoms with Crippen LogP contribution in [0, 0.1) is 34.5 Å². The Labute approximate surface area is 270 Å². The molecule has 0 amide bonds. The predicted octanol–water partition coefficient (Wildman–Crippen LogP) is 10.4. The highest BCUT2D eigenvalue weighted by Gasteiger charge is 2.68. The Balaban J connectivity index is 1.56. The molecule has 0 spiro atoms. The third-order valence-corrected chi connectivity index (χ3v) is 21.4. The fourth-order valence-electron chi connectivity index (χ4n) is 11.5. The van der Waals surface area contributed by atoms with Gasteiger partial charge in [0.15, 0.2) is 25.0 Å². The van der Waals surface area contributed by atoms with Crippen molar-refractivity contribution in [2.45, 2.75) is 187 Å². The van der Waals surface area contributed by atoms with Crippen molar-refractivity contribution in [3.05, 3.63) is 0 Å². The van der Waals surface area contributed by atoms with Gasteiger partial charge in [0.2, 0.25) is 0 Å². The highest BCUT2D eigenvalue weighted by atomic mass is 28.4. The Kier molecular flexibility index (Phi) is 11.4. The zero-order valence-electron chi connectivity index (χ0n) is 30.4. The number of hydrogen-bond donors (Lipinski definition) is 1. The normalized spacial score (nSPS) is 39.2. The molecule has 4 nitrogen and oxygen atoms in total. The first-order chi connectivity index (χ1) is 20.0. The Morgan fingerprint density at radius 1 is 0.721 bits per heavy atom. The molecule has 9 unspecified atom stereocenters. The summed E-state index contributed by atoms with van der Waals surface area (Å²) in [6, 6.07) is 3.59. The molecular formula is C36H72O4Si3. The Bertz CT molecular complexity index is 926. The molecule has 4 aliphatic rings. The lowest BCUT2D eigenvalue weighted by Crippen LogP contribution is -2.64. The van der Waals surface area contributed by atoms with Gasteiger partial charge in [-0.15, -0.1) is 0 Å². The zero-order valence-corrected chi connectivity index (χ0v) is 33.4. The van der Waals surface area contributed by atoms with Crippen LogP contribution in [0.15, 0.2) is 0 Å². The third-order valence-electron chi connectivity index (χ3n) is 13.5. The molecule has 252 valence electrons. The van der Waals surface area contributed by atoms with E-state index in [0.29, 0.717) is 24.0 Å². The van der Waals surface area contributed by atoms with E-state index in [4.69, 9.17) is 13.3 Å². The summed E-state index contributed by atoms with van der Waals surface area (Å²) in [7, 11) is -5.29. The minimum atomic E-state index is -1.95. The lowest BCUT2D eigenvalue weighted by molar-refractivity contribution is -0.187. The molecule has 0 heterocycles. The second-order valence-electron chi connectivity index (χ2n) is 18.0. The van der Waals surface area contributed by atoms with Crippen molar-refractivity contribution in [2.24, 2.45) is 34.5 Å². The molecule has 0 aromatic rings. The predicted molar refractivity (Wildman–Crippen MR) is 190 cm³/mol. The molecular weight excluding hydrogens is 581 g/mol. The van der Waals surface area contributed by atoms with Gasteiger partial charge in [-0.1, -0.05) is 53.9 Å². The van der Waals surface area contributed by atoms with Gasteiger partial charge < -0.3 is 18.4 Å². The summed E-state index contributed by atoms with van der Waals surface area (Å²) in [5, 5.41) is 12.2. The fraction of sp³-hybridized carbons (Fsp3) is 1.00. The lowest BCUT2D eigenvalue weighted by Gasteiger charge is -2.63. The van der Waals surface area contributed by atoms with Gasteiger partial charge in [0, 0.05) is 11.5 Å². The van der Waals surface area contributed by atoms with E-state index in [1.165, 1.54) is 63.8 Å². The van der Waals surface area contributed by atoms with Gasteiger partial charge >= 0.3 is 0 Å². The number of fused-ring (bicyclic) bond motifs is 5. The van der Waals surface area contributed by atoms with Crippen molar-refractivity contribution in [3.63, 3.8) is 0 Å². The molecule has 4 aliphatic carbocycles. The van der Waals surface area contributed by atoms with E-state index in [2.05, 4.69) is 73.9 Å². The Morgan fingerprint density at radius 3 is 1.98 bits per heavy atom. The summed E-state index contributed by atoms with van der Waals surface area (Å²) in [5.41, 5.74) is -0.00589. The van der Waals surface area contributed by atoms with E-state index >= 15 is 0 Å². The van der Waals surface area contributed by atoms with Crippen molar-refractivity contribution in [3.8, 4) is 0 Å². The van der Waals surface area contributed by atoms with Crippen LogP contribution in [0.4, 0.5) is 0 Å². The number of hydrogen-bond acceptors (Lipinski definition) is 4. The lowest BCUT2D eigenvalue weighted by atomic mass is 9.44. The van der Waals surface area contributed by atoms with E-state index < -0.39 is 36.7 Å². The third kappa shape index (κ3) is 7.33. The molecule has 0 radical (unpaired) electrons. The van der Waals surface area contributed by atoms with E-state index in [0.717, 1.165) is 49.1 Å². The summed E-state index contributed by atoms with van der Waals surface area (Å²) in [6.07, 6.45) is 14.9. The van der Waals surface area contributed by atoms with E-state index in [9.17, 15) is 5.11 Å². The summed E-state index contributed by atoms with van der Waals surface area (Å²) in [5.74, 6) is 3.04. The molecule has 4 saturated carbocycles. The fourth-order valence-corrected chi connectivity index (χ4v) is 18.7. The number of aliphatic hydroxyl groups excluding tert-OH is 1. The largest absolute Gasteiger partial charge is 0.415 e.